The van der Waals surface area contributed by atoms with E-state index in [2.05, 4.69) is 0 Å². The van der Waals surface area contributed by atoms with Crippen LogP contribution >= 0.6 is 11.6 Å². The number of carbonyl (C=O) groups is 1. The molecule has 0 atom stereocenters. The minimum absolute atomic E-state index is 0.283. The largest absolute Gasteiger partial charge is 0.465 e. The Morgan fingerprint density at radius 2 is 2.00 bits per heavy atom. The summed E-state index contributed by atoms with van der Waals surface area (Å²) in [5.74, 6) is 0.494. The second-order valence-electron chi connectivity index (χ2n) is 4.46. The summed E-state index contributed by atoms with van der Waals surface area (Å²) >= 11 is 6.08. The van der Waals surface area contributed by atoms with Crippen molar-refractivity contribution in [1.29, 1.82) is 0 Å². The van der Waals surface area contributed by atoms with Crippen molar-refractivity contribution < 1.29 is 14.3 Å². The average molecular weight is 306 g/mol. The number of aryl methyl sites for hydroxylation is 1. The van der Waals surface area contributed by atoms with E-state index in [0.717, 1.165) is 12.0 Å². The zero-order chi connectivity index (χ0) is 15.4. The van der Waals surface area contributed by atoms with Gasteiger partial charge in [-0.05, 0) is 48.4 Å². The van der Waals surface area contributed by atoms with Crippen molar-refractivity contribution in [3.05, 3.63) is 52.5 Å². The van der Waals surface area contributed by atoms with Crippen molar-refractivity contribution in [2.45, 2.75) is 13.3 Å². The Morgan fingerprint density at radius 1 is 1.24 bits per heavy atom. The Labute approximate surface area is 128 Å². The standard InChI is InChI=1S/C16H16ClNO3/c1-3-10-8-12(5-6-14(10)17)21-15-7-4-11(18)9-13(15)16(19)20-2/h4-9H,3,18H2,1-2H3. The number of ether oxygens (including phenoxy) is 2. The number of hydrogen-bond acceptors (Lipinski definition) is 4. The first-order chi connectivity index (χ1) is 10.0. The third kappa shape index (κ3) is 3.47. The molecule has 110 valence electrons. The molecule has 5 heteroatoms. The summed E-state index contributed by atoms with van der Waals surface area (Å²) < 4.78 is 10.5. The van der Waals surface area contributed by atoms with Crippen LogP contribution in [0.1, 0.15) is 22.8 Å². The van der Waals surface area contributed by atoms with Crippen LogP contribution in [0.15, 0.2) is 36.4 Å². The van der Waals surface area contributed by atoms with E-state index in [1.807, 2.05) is 13.0 Å². The fraction of sp³-hybridized carbons (Fsp3) is 0.188. The predicted octanol–water partition coefficient (Wildman–Crippen LogP) is 4.06. The van der Waals surface area contributed by atoms with Gasteiger partial charge in [-0.15, -0.1) is 0 Å². The molecule has 0 saturated heterocycles. The van der Waals surface area contributed by atoms with Crippen LogP contribution in [0.25, 0.3) is 0 Å². The second-order valence-corrected chi connectivity index (χ2v) is 4.86. The lowest BCUT2D eigenvalue weighted by molar-refractivity contribution is 0.0598. The Morgan fingerprint density at radius 3 is 2.67 bits per heavy atom. The number of anilines is 1. The van der Waals surface area contributed by atoms with Gasteiger partial charge in [0.25, 0.3) is 0 Å². The van der Waals surface area contributed by atoms with Crippen LogP contribution < -0.4 is 10.5 Å². The van der Waals surface area contributed by atoms with Crippen molar-refractivity contribution in [1.82, 2.24) is 0 Å². The van der Waals surface area contributed by atoms with Crippen LogP contribution in [0.4, 0.5) is 5.69 Å². The van der Waals surface area contributed by atoms with Gasteiger partial charge in [-0.3, -0.25) is 0 Å². The topological polar surface area (TPSA) is 61.5 Å². The molecule has 2 aromatic rings. The van der Waals surface area contributed by atoms with Crippen LogP contribution in [0.2, 0.25) is 5.02 Å². The maximum Gasteiger partial charge on any atom is 0.341 e. The predicted molar refractivity (Wildman–Crippen MR) is 83.1 cm³/mol. The van der Waals surface area contributed by atoms with E-state index in [0.29, 0.717) is 22.2 Å². The third-order valence-corrected chi connectivity index (χ3v) is 3.40. The molecule has 0 aliphatic rings. The van der Waals surface area contributed by atoms with Crippen LogP contribution in [-0.2, 0) is 11.2 Å². The first-order valence-corrected chi connectivity index (χ1v) is 6.87. The van der Waals surface area contributed by atoms with Crippen LogP contribution in [0.5, 0.6) is 11.5 Å². The van der Waals surface area contributed by atoms with E-state index in [1.165, 1.54) is 13.2 Å². The molecular weight excluding hydrogens is 290 g/mol. The Hall–Kier alpha value is -2.20. The van der Waals surface area contributed by atoms with Crippen LogP contribution in [0.3, 0.4) is 0 Å². The van der Waals surface area contributed by atoms with E-state index in [1.54, 1.807) is 24.3 Å². The molecule has 0 aliphatic heterocycles. The first-order valence-electron chi connectivity index (χ1n) is 6.49. The second kappa shape index (κ2) is 6.50. The zero-order valence-corrected chi connectivity index (χ0v) is 12.6. The highest BCUT2D eigenvalue weighted by atomic mass is 35.5. The SMILES string of the molecule is CCc1cc(Oc2ccc(N)cc2C(=O)OC)ccc1Cl. The molecule has 0 amide bonds. The summed E-state index contributed by atoms with van der Waals surface area (Å²) in [6, 6.07) is 10.2. The molecule has 4 nitrogen and oxygen atoms in total. The number of methoxy groups -OCH3 is 1. The molecule has 21 heavy (non-hydrogen) atoms. The lowest BCUT2D eigenvalue weighted by Crippen LogP contribution is -2.04. The lowest BCUT2D eigenvalue weighted by Gasteiger charge is -2.12. The van der Waals surface area contributed by atoms with Crippen molar-refractivity contribution in [2.24, 2.45) is 0 Å². The normalized spacial score (nSPS) is 10.2. The first kappa shape index (κ1) is 15.2. The molecule has 2 N–H and O–H groups in total. The van der Waals surface area contributed by atoms with Crippen molar-refractivity contribution in [3.8, 4) is 11.5 Å². The summed E-state index contributed by atoms with van der Waals surface area (Å²) in [7, 11) is 1.31. The number of esters is 1. The maximum atomic E-state index is 11.8. The number of nitrogens with two attached hydrogens (primary N) is 1. The lowest BCUT2D eigenvalue weighted by atomic mass is 10.1. The highest BCUT2D eigenvalue weighted by molar-refractivity contribution is 6.31. The minimum atomic E-state index is -0.498. The molecule has 0 bridgehead atoms. The van der Waals surface area contributed by atoms with Gasteiger partial charge in [-0.25, -0.2) is 4.79 Å². The minimum Gasteiger partial charge on any atom is -0.465 e. The molecule has 0 radical (unpaired) electrons. The van der Waals surface area contributed by atoms with Crippen molar-refractivity contribution in [3.63, 3.8) is 0 Å². The average Bonchev–Trinajstić information content (AvgIpc) is 2.50. The fourth-order valence-corrected chi connectivity index (χ4v) is 2.17. The number of carbonyl (C=O) groups excluding carboxylic acids is 1. The zero-order valence-electron chi connectivity index (χ0n) is 11.9. The monoisotopic (exact) mass is 305 g/mol. The van der Waals surface area contributed by atoms with Gasteiger partial charge >= 0.3 is 5.97 Å². The molecular formula is C16H16ClNO3. The Balaban J connectivity index is 2.37. The smallest absolute Gasteiger partial charge is 0.341 e. The molecule has 2 rings (SSSR count). The fourth-order valence-electron chi connectivity index (χ4n) is 1.92. The van der Waals surface area contributed by atoms with E-state index < -0.39 is 5.97 Å². The van der Waals surface area contributed by atoms with E-state index in [4.69, 9.17) is 26.8 Å². The third-order valence-electron chi connectivity index (χ3n) is 3.03. The van der Waals surface area contributed by atoms with E-state index >= 15 is 0 Å². The van der Waals surface area contributed by atoms with Gasteiger partial charge in [0.15, 0.2) is 0 Å². The van der Waals surface area contributed by atoms with Gasteiger partial charge < -0.3 is 15.2 Å². The number of nitrogen functional groups attached to an aromatic ring is 1. The highest BCUT2D eigenvalue weighted by Gasteiger charge is 2.14. The van der Waals surface area contributed by atoms with E-state index in [9.17, 15) is 4.79 Å². The summed E-state index contributed by atoms with van der Waals surface area (Å²) in [5, 5.41) is 0.690. The Bertz CT molecular complexity index is 671. The molecule has 2 aromatic carbocycles. The van der Waals surface area contributed by atoms with Crippen molar-refractivity contribution in [2.75, 3.05) is 12.8 Å². The van der Waals surface area contributed by atoms with Crippen LogP contribution in [0, 0.1) is 0 Å². The van der Waals surface area contributed by atoms with Gasteiger partial charge in [0.05, 0.1) is 7.11 Å². The van der Waals surface area contributed by atoms with Gasteiger partial charge in [0.1, 0.15) is 17.1 Å². The number of benzene rings is 2. The van der Waals surface area contributed by atoms with Gasteiger partial charge in [0, 0.05) is 10.7 Å². The molecule has 0 heterocycles. The van der Waals surface area contributed by atoms with Gasteiger partial charge in [-0.1, -0.05) is 18.5 Å². The number of rotatable bonds is 4. The summed E-state index contributed by atoms with van der Waals surface area (Å²) in [4.78, 5) is 11.8. The van der Waals surface area contributed by atoms with Crippen molar-refractivity contribution >= 4 is 23.3 Å². The number of halogens is 1. The molecule has 0 unspecified atom stereocenters. The van der Waals surface area contributed by atoms with E-state index in [-0.39, 0.29) is 5.56 Å². The summed E-state index contributed by atoms with van der Waals surface area (Å²) in [6.07, 6.45) is 0.793. The molecule has 0 aromatic heterocycles. The maximum absolute atomic E-state index is 11.8. The molecule has 0 aliphatic carbocycles. The molecule has 0 fully saturated rings. The quantitative estimate of drug-likeness (QED) is 0.683. The summed E-state index contributed by atoms with van der Waals surface area (Å²) in [5.41, 5.74) is 7.42. The molecule has 0 spiro atoms. The van der Waals surface area contributed by atoms with Crippen LogP contribution in [-0.4, -0.2) is 13.1 Å². The number of hydrogen-bond donors (Lipinski definition) is 1. The molecule has 0 saturated carbocycles. The van der Waals surface area contributed by atoms with Gasteiger partial charge in [-0.2, -0.15) is 0 Å². The van der Waals surface area contributed by atoms with Gasteiger partial charge in [0.2, 0.25) is 0 Å². The highest BCUT2D eigenvalue weighted by Crippen LogP contribution is 2.30. The summed E-state index contributed by atoms with van der Waals surface area (Å²) in [6.45, 7) is 2.01. The Kier molecular flexibility index (Phi) is 4.70.